The van der Waals surface area contributed by atoms with Gasteiger partial charge in [0.2, 0.25) is 0 Å². The molecule has 50 heavy (non-hydrogen) atoms. The largest absolute Gasteiger partial charge is 0.462 e. The van der Waals surface area contributed by atoms with Crippen molar-refractivity contribution < 1.29 is 28.6 Å². The van der Waals surface area contributed by atoms with Crippen LogP contribution in [-0.2, 0) is 28.6 Å². The fraction of sp³-hybridized carbons (Fsp3) is 0.932. The summed E-state index contributed by atoms with van der Waals surface area (Å²) in [5, 5.41) is 0. The highest BCUT2D eigenvalue weighted by Crippen LogP contribution is 2.16. The van der Waals surface area contributed by atoms with Crippen LogP contribution in [-0.4, -0.2) is 37.2 Å². The van der Waals surface area contributed by atoms with E-state index in [1.165, 1.54) is 141 Å². The Morgan fingerprint density at radius 3 is 0.800 bits per heavy atom. The summed E-state index contributed by atoms with van der Waals surface area (Å²) in [4.78, 5) is 37.4. The molecule has 0 unspecified atom stereocenters. The number of hydrogen-bond donors (Lipinski definition) is 0. The third kappa shape index (κ3) is 37.7. The zero-order valence-electron chi connectivity index (χ0n) is 33.7. The Morgan fingerprint density at radius 1 is 0.320 bits per heavy atom. The molecular weight excluding hydrogens is 624 g/mol. The van der Waals surface area contributed by atoms with Crippen LogP contribution in [0.15, 0.2) is 0 Å². The van der Waals surface area contributed by atoms with Gasteiger partial charge in [-0.1, -0.05) is 207 Å². The Hall–Kier alpha value is -1.59. The predicted octanol–water partition coefficient (Wildman–Crippen LogP) is 13.7. The lowest BCUT2D eigenvalue weighted by Gasteiger charge is -2.18. The summed E-state index contributed by atoms with van der Waals surface area (Å²) >= 11 is 0. The second-order valence-corrected chi connectivity index (χ2v) is 15.0. The quantitative estimate of drug-likeness (QED) is 0.0358. The molecule has 1 atom stereocenters. The van der Waals surface area contributed by atoms with Gasteiger partial charge in [-0.2, -0.15) is 0 Å². The molecule has 0 heterocycles. The molecule has 0 aliphatic heterocycles. The smallest absolute Gasteiger partial charge is 0.306 e. The standard InChI is InChI=1S/C44H84O6/c1-4-7-10-13-15-17-19-21-22-23-25-27-29-32-35-38-44(47)50-41(39-48-42(45)36-33-30-12-9-6-3)40-49-43(46)37-34-31-28-26-24-20-18-16-14-11-8-5-2/h41H,4-40H2,1-3H3/t41-/m0/s1. The molecule has 0 aromatic carbocycles. The number of carbonyl (C=O) groups excluding carboxylic acids is 3. The molecule has 0 N–H and O–H groups in total. The van der Waals surface area contributed by atoms with Crippen molar-refractivity contribution in [3.05, 3.63) is 0 Å². The van der Waals surface area contributed by atoms with E-state index in [0.29, 0.717) is 19.3 Å². The molecule has 0 amide bonds. The van der Waals surface area contributed by atoms with Crippen LogP contribution in [0.1, 0.15) is 245 Å². The van der Waals surface area contributed by atoms with E-state index in [1.54, 1.807) is 0 Å². The van der Waals surface area contributed by atoms with Crippen molar-refractivity contribution in [2.45, 2.75) is 252 Å². The second-order valence-electron chi connectivity index (χ2n) is 15.0. The molecule has 6 nitrogen and oxygen atoms in total. The van der Waals surface area contributed by atoms with Crippen molar-refractivity contribution in [2.75, 3.05) is 13.2 Å². The van der Waals surface area contributed by atoms with E-state index in [9.17, 15) is 14.4 Å². The van der Waals surface area contributed by atoms with E-state index in [-0.39, 0.29) is 31.1 Å². The number of carbonyl (C=O) groups is 3. The fourth-order valence-electron chi connectivity index (χ4n) is 6.50. The number of rotatable bonds is 40. The van der Waals surface area contributed by atoms with Gasteiger partial charge in [0.25, 0.3) is 0 Å². The summed E-state index contributed by atoms with van der Waals surface area (Å²) in [7, 11) is 0. The molecule has 0 radical (unpaired) electrons. The maximum atomic E-state index is 12.6. The van der Waals surface area contributed by atoms with Gasteiger partial charge >= 0.3 is 17.9 Å². The van der Waals surface area contributed by atoms with Crippen LogP contribution >= 0.6 is 0 Å². The summed E-state index contributed by atoms with van der Waals surface area (Å²) in [6.07, 6.45) is 39.7. The summed E-state index contributed by atoms with van der Waals surface area (Å²) in [6, 6.07) is 0. The first-order chi connectivity index (χ1) is 24.5. The van der Waals surface area contributed by atoms with Crippen LogP contribution in [0.2, 0.25) is 0 Å². The molecule has 6 heteroatoms. The lowest BCUT2D eigenvalue weighted by molar-refractivity contribution is -0.167. The number of esters is 3. The number of hydrogen-bond acceptors (Lipinski definition) is 6. The fourth-order valence-corrected chi connectivity index (χ4v) is 6.50. The predicted molar refractivity (Wildman–Crippen MR) is 210 cm³/mol. The second kappa shape index (κ2) is 40.2. The van der Waals surface area contributed by atoms with E-state index >= 15 is 0 Å². The maximum Gasteiger partial charge on any atom is 0.306 e. The molecule has 0 saturated carbocycles. The van der Waals surface area contributed by atoms with Gasteiger partial charge in [0.1, 0.15) is 13.2 Å². The lowest BCUT2D eigenvalue weighted by atomic mass is 10.0. The molecular formula is C44H84O6. The highest BCUT2D eigenvalue weighted by molar-refractivity contribution is 5.71. The summed E-state index contributed by atoms with van der Waals surface area (Å²) in [5.74, 6) is -0.868. The monoisotopic (exact) mass is 709 g/mol. The van der Waals surface area contributed by atoms with Crippen molar-refractivity contribution >= 4 is 17.9 Å². The first-order valence-corrected chi connectivity index (χ1v) is 22.0. The SMILES string of the molecule is CCCCCCCCCCCCCCCCCC(=O)O[C@@H](COC(=O)CCCCCCC)COC(=O)CCCCCCCCCCCCCC. The molecule has 0 spiro atoms. The molecule has 0 aliphatic carbocycles. The Bertz CT molecular complexity index is 738. The Kier molecular flexibility index (Phi) is 38.9. The Balaban J connectivity index is 4.19. The van der Waals surface area contributed by atoms with Gasteiger partial charge in [0, 0.05) is 19.3 Å². The Labute approximate surface area is 310 Å². The lowest BCUT2D eigenvalue weighted by Crippen LogP contribution is -2.30. The van der Waals surface area contributed by atoms with Crippen molar-refractivity contribution in [3.8, 4) is 0 Å². The van der Waals surface area contributed by atoms with E-state index in [4.69, 9.17) is 14.2 Å². The summed E-state index contributed by atoms with van der Waals surface area (Å²) in [6.45, 7) is 6.57. The van der Waals surface area contributed by atoms with Crippen LogP contribution in [0.5, 0.6) is 0 Å². The third-order valence-corrected chi connectivity index (χ3v) is 9.86. The molecule has 0 fully saturated rings. The van der Waals surface area contributed by atoms with Crippen molar-refractivity contribution in [2.24, 2.45) is 0 Å². The van der Waals surface area contributed by atoms with E-state index in [0.717, 1.165) is 64.2 Å². The average molecular weight is 709 g/mol. The van der Waals surface area contributed by atoms with Crippen LogP contribution in [0.25, 0.3) is 0 Å². The molecule has 0 saturated heterocycles. The van der Waals surface area contributed by atoms with Gasteiger partial charge in [-0.05, 0) is 19.3 Å². The van der Waals surface area contributed by atoms with Gasteiger partial charge < -0.3 is 14.2 Å². The van der Waals surface area contributed by atoms with Gasteiger partial charge in [-0.3, -0.25) is 14.4 Å². The van der Waals surface area contributed by atoms with E-state index in [2.05, 4.69) is 20.8 Å². The molecule has 0 aromatic rings. The number of ether oxygens (including phenoxy) is 3. The minimum atomic E-state index is -0.756. The van der Waals surface area contributed by atoms with Gasteiger partial charge in [0.05, 0.1) is 0 Å². The van der Waals surface area contributed by atoms with Crippen molar-refractivity contribution in [1.29, 1.82) is 0 Å². The zero-order chi connectivity index (χ0) is 36.6. The van der Waals surface area contributed by atoms with Crippen molar-refractivity contribution in [1.82, 2.24) is 0 Å². The first-order valence-electron chi connectivity index (χ1n) is 22.0. The molecule has 0 aliphatic rings. The summed E-state index contributed by atoms with van der Waals surface area (Å²) in [5.41, 5.74) is 0. The molecule has 296 valence electrons. The third-order valence-electron chi connectivity index (χ3n) is 9.86. The van der Waals surface area contributed by atoms with Crippen LogP contribution < -0.4 is 0 Å². The Morgan fingerprint density at radius 2 is 0.540 bits per heavy atom. The first kappa shape index (κ1) is 48.4. The highest BCUT2D eigenvalue weighted by atomic mass is 16.6. The minimum absolute atomic E-state index is 0.0640. The number of unbranched alkanes of at least 4 members (excludes halogenated alkanes) is 29. The normalized spacial score (nSPS) is 11.8. The average Bonchev–Trinajstić information content (AvgIpc) is 3.11. The maximum absolute atomic E-state index is 12.6. The molecule has 0 aromatic heterocycles. The van der Waals surface area contributed by atoms with E-state index in [1.807, 2.05) is 0 Å². The van der Waals surface area contributed by atoms with Crippen LogP contribution in [0.4, 0.5) is 0 Å². The molecule has 0 rings (SSSR count). The zero-order valence-corrected chi connectivity index (χ0v) is 33.7. The minimum Gasteiger partial charge on any atom is -0.462 e. The van der Waals surface area contributed by atoms with E-state index < -0.39 is 6.10 Å². The van der Waals surface area contributed by atoms with Crippen molar-refractivity contribution in [3.63, 3.8) is 0 Å². The topological polar surface area (TPSA) is 78.9 Å². The van der Waals surface area contributed by atoms with Gasteiger partial charge in [-0.25, -0.2) is 0 Å². The summed E-state index contributed by atoms with van der Waals surface area (Å²) < 4.78 is 16.6. The van der Waals surface area contributed by atoms with Crippen LogP contribution in [0.3, 0.4) is 0 Å². The van der Waals surface area contributed by atoms with Gasteiger partial charge in [-0.15, -0.1) is 0 Å². The molecule has 0 bridgehead atoms. The van der Waals surface area contributed by atoms with Crippen LogP contribution in [0, 0.1) is 0 Å². The van der Waals surface area contributed by atoms with Gasteiger partial charge in [0.15, 0.2) is 6.10 Å². The highest BCUT2D eigenvalue weighted by Gasteiger charge is 2.19.